The first-order chi connectivity index (χ1) is 9.19. The number of hydrogen-bond acceptors (Lipinski definition) is 6. The molecule has 0 aromatic heterocycles. The molecule has 1 atom stereocenters. The topological polar surface area (TPSA) is 66.8 Å². The van der Waals surface area contributed by atoms with Gasteiger partial charge in [-0.2, -0.15) is 11.8 Å². The Morgan fingerprint density at radius 1 is 1.58 bits per heavy atom. The van der Waals surface area contributed by atoms with Crippen molar-refractivity contribution in [3.05, 3.63) is 0 Å². The van der Waals surface area contributed by atoms with Gasteiger partial charge >= 0.3 is 5.97 Å². The summed E-state index contributed by atoms with van der Waals surface area (Å²) in [4.78, 5) is 24.4. The first kappa shape index (κ1) is 16.7. The van der Waals surface area contributed by atoms with Crippen molar-refractivity contribution in [2.75, 3.05) is 37.0 Å². The van der Waals surface area contributed by atoms with Crippen LogP contribution in [0.4, 0.5) is 4.79 Å². The average Bonchev–Trinajstić information content (AvgIpc) is 2.75. The van der Waals surface area contributed by atoms with Gasteiger partial charge in [0.2, 0.25) is 0 Å². The van der Waals surface area contributed by atoms with Crippen molar-refractivity contribution in [1.29, 1.82) is 0 Å². The van der Waals surface area contributed by atoms with Gasteiger partial charge in [0.05, 0.1) is 19.3 Å². The van der Waals surface area contributed by atoms with Crippen LogP contribution in [0.5, 0.6) is 0 Å². The van der Waals surface area contributed by atoms with Crippen LogP contribution in [0.2, 0.25) is 0 Å². The highest BCUT2D eigenvalue weighted by Gasteiger charge is 2.30. The second-order valence-electron chi connectivity index (χ2n) is 4.13. The summed E-state index contributed by atoms with van der Waals surface area (Å²) in [6, 6.07) is -0.0300. The third-order valence-electron chi connectivity index (χ3n) is 2.74. The molecule has 0 unspecified atom stereocenters. The number of carbonyl (C=O) groups is 2. The first-order valence-electron chi connectivity index (χ1n) is 6.46. The zero-order chi connectivity index (χ0) is 14.1. The Balaban J connectivity index is 2.04. The van der Waals surface area contributed by atoms with Gasteiger partial charge in [-0.3, -0.25) is 9.59 Å². The zero-order valence-corrected chi connectivity index (χ0v) is 12.8. The van der Waals surface area contributed by atoms with Gasteiger partial charge < -0.3 is 14.7 Å². The molecular formula is C12H21NO4S2. The number of hydrogen-bond donors (Lipinski definition) is 1. The molecule has 5 nitrogen and oxygen atoms in total. The van der Waals surface area contributed by atoms with Gasteiger partial charge in [0.1, 0.15) is 0 Å². The van der Waals surface area contributed by atoms with E-state index in [1.807, 2.05) is 0 Å². The average molecular weight is 307 g/mol. The third kappa shape index (κ3) is 6.05. The van der Waals surface area contributed by atoms with E-state index in [1.165, 1.54) is 11.8 Å². The van der Waals surface area contributed by atoms with Crippen molar-refractivity contribution in [2.24, 2.45) is 0 Å². The molecule has 1 rings (SSSR count). The van der Waals surface area contributed by atoms with E-state index in [1.54, 1.807) is 23.6 Å². The van der Waals surface area contributed by atoms with Crippen LogP contribution >= 0.6 is 23.5 Å². The Labute approximate surface area is 122 Å². The molecule has 0 saturated carbocycles. The summed E-state index contributed by atoms with van der Waals surface area (Å²) < 4.78 is 4.84. The van der Waals surface area contributed by atoms with E-state index in [2.05, 4.69) is 0 Å². The molecule has 19 heavy (non-hydrogen) atoms. The predicted molar refractivity (Wildman–Crippen MR) is 78.6 cm³/mol. The number of carbonyl (C=O) groups excluding carboxylic acids is 2. The Bertz CT molecular complexity index is 301. The molecule has 1 saturated heterocycles. The Kier molecular flexibility index (Phi) is 8.32. The van der Waals surface area contributed by atoms with Crippen molar-refractivity contribution in [2.45, 2.75) is 25.8 Å². The van der Waals surface area contributed by atoms with E-state index in [-0.39, 0.29) is 23.9 Å². The summed E-state index contributed by atoms with van der Waals surface area (Å²) >= 11 is 2.99. The van der Waals surface area contributed by atoms with Crippen LogP contribution < -0.4 is 0 Å². The maximum absolute atomic E-state index is 11.5. The minimum absolute atomic E-state index is 0.0300. The minimum atomic E-state index is -0.144. The molecule has 1 heterocycles. The number of nitrogens with zero attached hydrogens (tertiary/aromatic N) is 1. The number of esters is 1. The van der Waals surface area contributed by atoms with Crippen LogP contribution in [0.15, 0.2) is 0 Å². The summed E-state index contributed by atoms with van der Waals surface area (Å²) in [7, 11) is 0. The van der Waals surface area contributed by atoms with Crippen LogP contribution in [-0.2, 0) is 9.53 Å². The lowest BCUT2D eigenvalue weighted by Crippen LogP contribution is -2.37. The summed E-state index contributed by atoms with van der Waals surface area (Å²) in [6.07, 6.45) is 1.26. The predicted octanol–water partition coefficient (Wildman–Crippen LogP) is 1.59. The molecule has 1 amide bonds. The number of aliphatic hydroxyl groups is 1. The molecule has 0 aliphatic carbocycles. The van der Waals surface area contributed by atoms with Gasteiger partial charge in [-0.05, 0) is 19.1 Å². The fraction of sp³-hybridized carbons (Fsp3) is 0.833. The lowest BCUT2D eigenvalue weighted by molar-refractivity contribution is -0.143. The highest BCUT2D eigenvalue weighted by atomic mass is 32.2. The van der Waals surface area contributed by atoms with Crippen molar-refractivity contribution < 1.29 is 19.4 Å². The molecule has 1 aliphatic heterocycles. The first-order valence-corrected chi connectivity index (χ1v) is 8.60. The lowest BCUT2D eigenvalue weighted by Gasteiger charge is -2.21. The van der Waals surface area contributed by atoms with Gasteiger partial charge in [-0.1, -0.05) is 11.8 Å². The van der Waals surface area contributed by atoms with Crippen molar-refractivity contribution in [3.8, 4) is 0 Å². The van der Waals surface area contributed by atoms with Gasteiger partial charge in [0.15, 0.2) is 0 Å². The van der Waals surface area contributed by atoms with Crippen molar-refractivity contribution in [3.63, 3.8) is 0 Å². The largest absolute Gasteiger partial charge is 0.466 e. The number of aliphatic hydroxyl groups excluding tert-OH is 1. The quantitative estimate of drug-likeness (QED) is 0.515. The van der Waals surface area contributed by atoms with Gasteiger partial charge in [0.25, 0.3) is 5.24 Å². The van der Waals surface area contributed by atoms with E-state index in [0.29, 0.717) is 25.3 Å². The van der Waals surface area contributed by atoms with Crippen LogP contribution in [0, 0.1) is 0 Å². The van der Waals surface area contributed by atoms with Crippen molar-refractivity contribution in [1.82, 2.24) is 4.90 Å². The maximum Gasteiger partial charge on any atom is 0.305 e. The van der Waals surface area contributed by atoms with E-state index < -0.39 is 0 Å². The SMILES string of the molecule is CCOC(=O)CCCSCCN1C(=O)SC[C@@H]1CO. The highest BCUT2D eigenvalue weighted by molar-refractivity contribution is 8.13. The molecule has 1 aliphatic rings. The second-order valence-corrected chi connectivity index (χ2v) is 6.32. The smallest absolute Gasteiger partial charge is 0.305 e. The molecule has 1 fully saturated rings. The van der Waals surface area contributed by atoms with Crippen LogP contribution in [0.3, 0.4) is 0 Å². The van der Waals surface area contributed by atoms with E-state index in [0.717, 1.165) is 17.9 Å². The molecular weight excluding hydrogens is 286 g/mol. The van der Waals surface area contributed by atoms with Gasteiger partial charge in [0, 0.05) is 24.5 Å². The molecule has 1 N–H and O–H groups in total. The lowest BCUT2D eigenvalue weighted by atomic mass is 10.3. The van der Waals surface area contributed by atoms with Crippen molar-refractivity contribution >= 4 is 34.7 Å². The Morgan fingerprint density at radius 2 is 2.37 bits per heavy atom. The summed E-state index contributed by atoms with van der Waals surface area (Å²) in [5.41, 5.74) is 0. The van der Waals surface area contributed by atoms with Crippen LogP contribution in [0.25, 0.3) is 0 Å². The van der Waals surface area contributed by atoms with Gasteiger partial charge in [-0.25, -0.2) is 0 Å². The highest BCUT2D eigenvalue weighted by Crippen LogP contribution is 2.23. The second kappa shape index (κ2) is 9.50. The summed E-state index contributed by atoms with van der Waals surface area (Å²) in [5, 5.41) is 9.20. The molecule has 0 bridgehead atoms. The molecule has 110 valence electrons. The van der Waals surface area contributed by atoms with E-state index in [4.69, 9.17) is 9.84 Å². The normalized spacial score (nSPS) is 18.9. The Morgan fingerprint density at radius 3 is 3.05 bits per heavy atom. The summed E-state index contributed by atoms with van der Waals surface area (Å²) in [6.45, 7) is 2.94. The van der Waals surface area contributed by atoms with E-state index >= 15 is 0 Å². The fourth-order valence-electron chi connectivity index (χ4n) is 1.73. The summed E-state index contributed by atoms with van der Waals surface area (Å²) in [5.74, 6) is 2.27. The molecule has 0 radical (unpaired) electrons. The molecule has 7 heteroatoms. The number of rotatable bonds is 9. The monoisotopic (exact) mass is 307 g/mol. The standard InChI is InChI=1S/C12H21NO4S2/c1-2-17-11(15)4-3-6-18-7-5-13-10(8-14)9-19-12(13)16/h10,14H,2-9H2,1H3/t10-/m0/s1. The third-order valence-corrected chi connectivity index (χ3v) is 4.82. The number of amides is 1. The zero-order valence-electron chi connectivity index (χ0n) is 11.2. The van der Waals surface area contributed by atoms with E-state index in [9.17, 15) is 9.59 Å². The minimum Gasteiger partial charge on any atom is -0.466 e. The van der Waals surface area contributed by atoms with Crippen LogP contribution in [0.1, 0.15) is 19.8 Å². The Hall–Kier alpha value is -0.400. The van der Waals surface area contributed by atoms with Crippen LogP contribution in [-0.4, -0.2) is 64.3 Å². The molecule has 0 aromatic rings. The number of ether oxygens (including phenoxy) is 1. The van der Waals surface area contributed by atoms with Gasteiger partial charge in [-0.15, -0.1) is 0 Å². The fourth-order valence-corrected chi connectivity index (χ4v) is 3.64. The molecule has 0 aromatic carbocycles. The molecule has 0 spiro atoms. The number of thioether (sulfide) groups is 2. The maximum atomic E-state index is 11.5.